The Kier molecular flexibility index (Phi) is 7.77. The van der Waals surface area contributed by atoms with Gasteiger partial charge in [-0.15, -0.1) is 12.4 Å². The summed E-state index contributed by atoms with van der Waals surface area (Å²) in [6.45, 7) is 0. The van der Waals surface area contributed by atoms with E-state index in [9.17, 15) is 18.3 Å². The van der Waals surface area contributed by atoms with Crippen LogP contribution in [0.15, 0.2) is 54.6 Å². The Hall–Kier alpha value is -1.56. The van der Waals surface area contributed by atoms with Crippen molar-refractivity contribution in [2.75, 3.05) is 14.1 Å². The highest BCUT2D eigenvalue weighted by Gasteiger charge is 2.44. The lowest BCUT2D eigenvalue weighted by molar-refractivity contribution is -0.137. The minimum atomic E-state index is -4.37. The summed E-state index contributed by atoms with van der Waals surface area (Å²) in [5.41, 5.74) is -0.0300. The first-order valence-electron chi connectivity index (χ1n) is 9.80. The van der Waals surface area contributed by atoms with Crippen molar-refractivity contribution in [1.82, 2.24) is 4.90 Å². The summed E-state index contributed by atoms with van der Waals surface area (Å²) in [5, 5.41) is 11.7. The lowest BCUT2D eigenvalue weighted by Gasteiger charge is -2.46. The molecule has 1 saturated carbocycles. The normalized spacial score (nSPS) is 23.5. The Bertz CT molecular complexity index is 781. The van der Waals surface area contributed by atoms with Crippen LogP contribution in [0.5, 0.6) is 0 Å². The number of halogens is 4. The summed E-state index contributed by atoms with van der Waals surface area (Å²) in [5.74, 6) is -0.0480. The molecule has 1 aliphatic carbocycles. The Balaban J connectivity index is 0.00000300. The van der Waals surface area contributed by atoms with E-state index in [0.29, 0.717) is 12.0 Å². The van der Waals surface area contributed by atoms with E-state index in [4.69, 9.17) is 0 Å². The topological polar surface area (TPSA) is 23.5 Å². The molecule has 2 nitrogen and oxygen atoms in total. The zero-order valence-electron chi connectivity index (χ0n) is 16.8. The largest absolute Gasteiger partial charge is 0.416 e. The van der Waals surface area contributed by atoms with Crippen molar-refractivity contribution in [2.45, 2.75) is 49.9 Å². The van der Waals surface area contributed by atoms with E-state index in [1.54, 1.807) is 6.07 Å². The molecule has 1 fully saturated rings. The monoisotopic (exact) mass is 427 g/mol. The third-order valence-electron chi connectivity index (χ3n) is 5.91. The molecule has 3 atom stereocenters. The number of hydrogen-bond donors (Lipinski definition) is 1. The van der Waals surface area contributed by atoms with Gasteiger partial charge in [0.15, 0.2) is 0 Å². The van der Waals surface area contributed by atoms with Crippen molar-refractivity contribution in [3.8, 4) is 0 Å². The molecule has 0 radical (unpaired) electrons. The van der Waals surface area contributed by atoms with Gasteiger partial charge in [0.25, 0.3) is 0 Å². The predicted octanol–water partition coefficient (Wildman–Crippen LogP) is 5.89. The highest BCUT2D eigenvalue weighted by atomic mass is 35.5. The second-order valence-electron chi connectivity index (χ2n) is 8.15. The standard InChI is InChI=1S/C23H28F3NO.ClH/c1-27(2)21(18-10-4-3-5-11-18)20-13-6-7-14-22(20,28)16-17-9-8-12-19(15-17)23(24,25)26;/h3-5,8-12,15,20-21,28H,6-7,13-14,16H2,1-2H3;1H. The van der Waals surface area contributed by atoms with Crippen molar-refractivity contribution in [3.63, 3.8) is 0 Å². The zero-order chi connectivity index (χ0) is 20.4. The van der Waals surface area contributed by atoms with Gasteiger partial charge in [-0.1, -0.05) is 61.4 Å². The fraction of sp³-hybridized carbons (Fsp3) is 0.478. The van der Waals surface area contributed by atoms with Crippen LogP contribution < -0.4 is 0 Å². The molecule has 29 heavy (non-hydrogen) atoms. The molecule has 2 aromatic rings. The van der Waals surface area contributed by atoms with Crippen LogP contribution in [0.4, 0.5) is 13.2 Å². The van der Waals surface area contributed by atoms with Gasteiger partial charge in [0.1, 0.15) is 0 Å². The minimum absolute atomic E-state index is 0. The van der Waals surface area contributed by atoms with Crippen molar-refractivity contribution >= 4 is 12.4 Å². The average molecular weight is 428 g/mol. The van der Waals surface area contributed by atoms with Gasteiger partial charge in [0.2, 0.25) is 0 Å². The molecule has 160 valence electrons. The van der Waals surface area contributed by atoms with Crippen LogP contribution in [-0.4, -0.2) is 29.7 Å². The van der Waals surface area contributed by atoms with Gasteiger partial charge in [-0.3, -0.25) is 0 Å². The maximum atomic E-state index is 13.1. The van der Waals surface area contributed by atoms with Crippen LogP contribution in [-0.2, 0) is 12.6 Å². The van der Waals surface area contributed by atoms with Crippen LogP contribution in [0.1, 0.15) is 48.4 Å². The van der Waals surface area contributed by atoms with Gasteiger partial charge >= 0.3 is 6.18 Å². The summed E-state index contributed by atoms with van der Waals surface area (Å²) >= 11 is 0. The van der Waals surface area contributed by atoms with Gasteiger partial charge in [-0.05, 0) is 44.1 Å². The highest BCUT2D eigenvalue weighted by Crippen LogP contribution is 2.45. The first-order chi connectivity index (χ1) is 13.2. The van der Waals surface area contributed by atoms with E-state index in [1.165, 1.54) is 12.1 Å². The van der Waals surface area contributed by atoms with Crippen LogP contribution in [0.2, 0.25) is 0 Å². The molecule has 1 N–H and O–H groups in total. The summed E-state index contributed by atoms with van der Waals surface area (Å²) in [6.07, 6.45) is -0.772. The number of benzene rings is 2. The average Bonchev–Trinajstić information content (AvgIpc) is 2.64. The van der Waals surface area contributed by atoms with Crippen molar-refractivity contribution in [2.24, 2.45) is 5.92 Å². The molecule has 6 heteroatoms. The molecule has 0 spiro atoms. The number of rotatable bonds is 5. The molecule has 3 rings (SSSR count). The quantitative estimate of drug-likeness (QED) is 0.642. The summed E-state index contributed by atoms with van der Waals surface area (Å²) in [6, 6.07) is 15.4. The number of aliphatic hydroxyl groups is 1. The van der Waals surface area contributed by atoms with Crippen molar-refractivity contribution < 1.29 is 18.3 Å². The van der Waals surface area contributed by atoms with Gasteiger partial charge < -0.3 is 10.0 Å². The molecule has 0 amide bonds. The minimum Gasteiger partial charge on any atom is -0.389 e. The first kappa shape index (κ1) is 23.7. The van der Waals surface area contributed by atoms with Crippen LogP contribution >= 0.6 is 12.4 Å². The van der Waals surface area contributed by atoms with Gasteiger partial charge in [-0.2, -0.15) is 13.2 Å². The lowest BCUT2D eigenvalue weighted by Crippen LogP contribution is -2.48. The van der Waals surface area contributed by atoms with Crippen LogP contribution in [0, 0.1) is 5.92 Å². The first-order valence-corrected chi connectivity index (χ1v) is 9.80. The number of hydrogen-bond acceptors (Lipinski definition) is 2. The maximum Gasteiger partial charge on any atom is 0.416 e. The molecular weight excluding hydrogens is 399 g/mol. The number of nitrogens with zero attached hydrogens (tertiary/aromatic N) is 1. The SMILES string of the molecule is CN(C)C(c1ccccc1)C1CCCCC1(O)Cc1cccc(C(F)(F)F)c1.Cl. The van der Waals surface area contributed by atoms with Crippen molar-refractivity contribution in [1.29, 1.82) is 0 Å². The molecule has 2 aromatic carbocycles. The maximum absolute atomic E-state index is 13.1. The van der Waals surface area contributed by atoms with Crippen LogP contribution in [0.25, 0.3) is 0 Å². The molecule has 0 heterocycles. The molecule has 3 unspecified atom stereocenters. The van der Waals surface area contributed by atoms with E-state index >= 15 is 0 Å². The summed E-state index contributed by atoms with van der Waals surface area (Å²) in [4.78, 5) is 2.11. The Morgan fingerprint density at radius 1 is 1.07 bits per heavy atom. The van der Waals surface area contributed by atoms with E-state index in [0.717, 1.165) is 30.9 Å². The molecular formula is C23H29ClF3NO. The second-order valence-corrected chi connectivity index (χ2v) is 8.15. The molecule has 0 aliphatic heterocycles. The van der Waals surface area contributed by atoms with E-state index < -0.39 is 17.3 Å². The van der Waals surface area contributed by atoms with Gasteiger partial charge in [-0.25, -0.2) is 0 Å². The van der Waals surface area contributed by atoms with E-state index in [1.807, 2.05) is 32.3 Å². The molecule has 1 aliphatic rings. The Morgan fingerprint density at radius 3 is 2.38 bits per heavy atom. The third-order valence-corrected chi connectivity index (χ3v) is 5.91. The summed E-state index contributed by atoms with van der Waals surface area (Å²) < 4.78 is 39.3. The highest BCUT2D eigenvalue weighted by molar-refractivity contribution is 5.85. The second kappa shape index (κ2) is 9.50. The summed E-state index contributed by atoms with van der Waals surface area (Å²) in [7, 11) is 3.99. The lowest BCUT2D eigenvalue weighted by atomic mass is 9.67. The fourth-order valence-electron chi connectivity index (χ4n) is 4.67. The molecule has 0 bridgehead atoms. The molecule has 0 aromatic heterocycles. The fourth-order valence-corrected chi connectivity index (χ4v) is 4.67. The zero-order valence-corrected chi connectivity index (χ0v) is 17.6. The van der Waals surface area contributed by atoms with Crippen LogP contribution in [0.3, 0.4) is 0 Å². The predicted molar refractivity (Wildman–Crippen MR) is 112 cm³/mol. The van der Waals surface area contributed by atoms with Crippen molar-refractivity contribution in [3.05, 3.63) is 71.3 Å². The number of alkyl halides is 3. The Morgan fingerprint density at radius 2 is 1.76 bits per heavy atom. The molecule has 0 saturated heterocycles. The van der Waals surface area contributed by atoms with Gasteiger partial charge in [0.05, 0.1) is 11.2 Å². The van der Waals surface area contributed by atoms with E-state index in [-0.39, 0.29) is 30.8 Å². The third kappa shape index (κ3) is 5.53. The van der Waals surface area contributed by atoms with Gasteiger partial charge in [0, 0.05) is 18.4 Å². The van der Waals surface area contributed by atoms with E-state index in [2.05, 4.69) is 17.0 Å². The Labute approximate surface area is 177 Å². The smallest absolute Gasteiger partial charge is 0.389 e.